The fraction of sp³-hybridized carbons (Fsp3) is 0.700. The predicted molar refractivity (Wildman–Crippen MR) is 63.0 cm³/mol. The highest BCUT2D eigenvalue weighted by Crippen LogP contribution is 2.22. The van der Waals surface area contributed by atoms with E-state index in [-0.39, 0.29) is 0 Å². The van der Waals surface area contributed by atoms with E-state index in [2.05, 4.69) is 29.1 Å². The average molecular weight is 213 g/mol. The summed E-state index contributed by atoms with van der Waals surface area (Å²) in [6.45, 7) is 8.15. The zero-order valence-electron chi connectivity index (χ0n) is 9.16. The van der Waals surface area contributed by atoms with Crippen LogP contribution in [0.25, 0.3) is 0 Å². The molecule has 0 aliphatic heterocycles. The molecule has 0 saturated heterocycles. The summed E-state index contributed by atoms with van der Waals surface area (Å²) in [4.78, 5) is 6.80. The van der Waals surface area contributed by atoms with Gasteiger partial charge in [-0.05, 0) is 33.7 Å². The molecule has 4 heteroatoms. The first kappa shape index (κ1) is 11.5. The molecule has 3 nitrogen and oxygen atoms in total. The number of nitrogens with zero attached hydrogens (tertiary/aromatic N) is 2. The van der Waals surface area contributed by atoms with Gasteiger partial charge < -0.3 is 10.6 Å². The number of hydrogen-bond donors (Lipinski definition) is 1. The topological polar surface area (TPSA) is 42.1 Å². The van der Waals surface area contributed by atoms with Gasteiger partial charge in [-0.15, -0.1) is 11.3 Å². The second-order valence-electron chi connectivity index (χ2n) is 3.70. The fourth-order valence-corrected chi connectivity index (χ4v) is 2.27. The highest BCUT2D eigenvalue weighted by Gasteiger charge is 2.12. The van der Waals surface area contributed by atoms with Crippen LogP contribution < -0.4 is 10.6 Å². The predicted octanol–water partition coefficient (Wildman–Crippen LogP) is 2.02. The summed E-state index contributed by atoms with van der Waals surface area (Å²) in [7, 11) is 0. The smallest absolute Gasteiger partial charge is 0.185 e. The molecule has 0 amide bonds. The molecule has 0 fully saturated rings. The van der Waals surface area contributed by atoms with Crippen LogP contribution in [0.1, 0.15) is 26.0 Å². The highest BCUT2D eigenvalue weighted by atomic mass is 32.1. The minimum atomic E-state index is 0.493. The van der Waals surface area contributed by atoms with Gasteiger partial charge in [-0.2, -0.15) is 0 Å². The Labute approximate surface area is 89.9 Å². The third-order valence-corrected chi connectivity index (χ3v) is 3.07. The molecule has 0 bridgehead atoms. The summed E-state index contributed by atoms with van der Waals surface area (Å²) in [5, 5.41) is 3.21. The van der Waals surface area contributed by atoms with Crippen molar-refractivity contribution in [2.75, 3.05) is 18.0 Å². The number of nitrogens with two attached hydrogens (primary N) is 1. The van der Waals surface area contributed by atoms with Crippen molar-refractivity contribution in [1.29, 1.82) is 0 Å². The summed E-state index contributed by atoms with van der Waals surface area (Å²) in [5.41, 5.74) is 6.62. The van der Waals surface area contributed by atoms with Gasteiger partial charge in [0.2, 0.25) is 0 Å². The Balaban J connectivity index is 2.67. The molecule has 0 aromatic carbocycles. The van der Waals surface area contributed by atoms with E-state index in [4.69, 9.17) is 5.73 Å². The van der Waals surface area contributed by atoms with Crippen LogP contribution in [0, 0.1) is 6.92 Å². The average Bonchev–Trinajstić information content (AvgIpc) is 2.52. The van der Waals surface area contributed by atoms with E-state index in [1.54, 1.807) is 11.3 Å². The Morgan fingerprint density at radius 1 is 1.57 bits per heavy atom. The molecule has 80 valence electrons. The van der Waals surface area contributed by atoms with Crippen molar-refractivity contribution in [3.05, 3.63) is 11.1 Å². The molecule has 1 aromatic rings. The first-order valence-electron chi connectivity index (χ1n) is 5.04. The largest absolute Gasteiger partial charge is 0.346 e. The Hall–Kier alpha value is -0.610. The van der Waals surface area contributed by atoms with Gasteiger partial charge in [0.25, 0.3) is 0 Å². The maximum Gasteiger partial charge on any atom is 0.185 e. The Morgan fingerprint density at radius 3 is 2.71 bits per heavy atom. The number of anilines is 1. The zero-order valence-corrected chi connectivity index (χ0v) is 9.97. The van der Waals surface area contributed by atoms with Crippen LogP contribution in [0.3, 0.4) is 0 Å². The lowest BCUT2D eigenvalue weighted by Crippen LogP contribution is -2.32. The molecule has 0 spiro atoms. The molecular weight excluding hydrogens is 194 g/mol. The van der Waals surface area contributed by atoms with Gasteiger partial charge in [0.15, 0.2) is 5.13 Å². The van der Waals surface area contributed by atoms with Gasteiger partial charge in [-0.25, -0.2) is 4.98 Å². The number of aromatic nitrogens is 1. The first-order valence-corrected chi connectivity index (χ1v) is 5.92. The van der Waals surface area contributed by atoms with Gasteiger partial charge in [-0.1, -0.05) is 0 Å². The molecule has 14 heavy (non-hydrogen) atoms. The van der Waals surface area contributed by atoms with Crippen LogP contribution >= 0.6 is 11.3 Å². The second-order valence-corrected chi connectivity index (χ2v) is 4.54. The molecule has 1 rings (SSSR count). The molecular formula is C10H19N3S. The molecule has 0 aliphatic rings. The van der Waals surface area contributed by atoms with Gasteiger partial charge >= 0.3 is 0 Å². The molecule has 0 saturated carbocycles. The van der Waals surface area contributed by atoms with Crippen molar-refractivity contribution in [2.24, 2.45) is 5.73 Å². The van der Waals surface area contributed by atoms with E-state index in [0.717, 1.165) is 30.3 Å². The summed E-state index contributed by atoms with van der Waals surface area (Å²) < 4.78 is 0. The Kier molecular flexibility index (Phi) is 4.35. The Bertz CT molecular complexity index is 270. The van der Waals surface area contributed by atoms with Crippen molar-refractivity contribution in [3.8, 4) is 0 Å². The minimum absolute atomic E-state index is 0.493. The van der Waals surface area contributed by atoms with Gasteiger partial charge in [0, 0.05) is 18.0 Å². The van der Waals surface area contributed by atoms with Gasteiger partial charge in [-0.3, -0.25) is 0 Å². The standard InChI is InChI=1S/C10H19N3S/c1-8(2)13(6-4-5-11)10-12-9(3)7-14-10/h7-8H,4-6,11H2,1-3H3. The number of hydrogen-bond acceptors (Lipinski definition) is 4. The summed E-state index contributed by atoms with van der Waals surface area (Å²) >= 11 is 1.71. The molecule has 2 N–H and O–H groups in total. The van der Waals surface area contributed by atoms with Crippen molar-refractivity contribution >= 4 is 16.5 Å². The quantitative estimate of drug-likeness (QED) is 0.813. The minimum Gasteiger partial charge on any atom is -0.346 e. The zero-order chi connectivity index (χ0) is 10.6. The van der Waals surface area contributed by atoms with Crippen molar-refractivity contribution in [1.82, 2.24) is 4.98 Å². The SMILES string of the molecule is Cc1csc(N(CCCN)C(C)C)n1. The first-order chi connectivity index (χ1) is 6.65. The highest BCUT2D eigenvalue weighted by molar-refractivity contribution is 7.13. The van der Waals surface area contributed by atoms with E-state index >= 15 is 0 Å². The molecule has 0 unspecified atom stereocenters. The van der Waals surface area contributed by atoms with E-state index in [9.17, 15) is 0 Å². The van der Waals surface area contributed by atoms with Gasteiger partial charge in [0.1, 0.15) is 0 Å². The van der Waals surface area contributed by atoms with Crippen LogP contribution in [0.4, 0.5) is 5.13 Å². The fourth-order valence-electron chi connectivity index (χ4n) is 1.31. The van der Waals surface area contributed by atoms with E-state index in [1.807, 2.05) is 6.92 Å². The lowest BCUT2D eigenvalue weighted by Gasteiger charge is -2.25. The molecule has 0 aliphatic carbocycles. The van der Waals surface area contributed by atoms with Crippen LogP contribution in [-0.4, -0.2) is 24.1 Å². The summed E-state index contributed by atoms with van der Waals surface area (Å²) in [5.74, 6) is 0. The van der Waals surface area contributed by atoms with E-state index in [1.165, 1.54) is 0 Å². The third kappa shape index (κ3) is 2.96. The monoisotopic (exact) mass is 213 g/mol. The van der Waals surface area contributed by atoms with Crippen molar-refractivity contribution < 1.29 is 0 Å². The number of aryl methyl sites for hydroxylation is 1. The Morgan fingerprint density at radius 2 is 2.29 bits per heavy atom. The number of thiazole rings is 1. The summed E-state index contributed by atoms with van der Waals surface area (Å²) in [6.07, 6.45) is 1.02. The number of rotatable bonds is 5. The summed E-state index contributed by atoms with van der Waals surface area (Å²) in [6, 6.07) is 0.493. The molecule has 1 aromatic heterocycles. The lowest BCUT2D eigenvalue weighted by atomic mass is 10.3. The van der Waals surface area contributed by atoms with Crippen LogP contribution in [0.2, 0.25) is 0 Å². The molecule has 0 radical (unpaired) electrons. The van der Waals surface area contributed by atoms with E-state index in [0.29, 0.717) is 6.04 Å². The molecule has 1 heterocycles. The van der Waals surface area contributed by atoms with Crippen LogP contribution in [0.5, 0.6) is 0 Å². The van der Waals surface area contributed by atoms with Crippen molar-refractivity contribution in [2.45, 2.75) is 33.2 Å². The van der Waals surface area contributed by atoms with Gasteiger partial charge in [0.05, 0.1) is 5.69 Å². The molecule has 0 atom stereocenters. The maximum atomic E-state index is 5.52. The van der Waals surface area contributed by atoms with E-state index < -0.39 is 0 Å². The second kappa shape index (κ2) is 5.32. The van der Waals surface area contributed by atoms with Crippen LogP contribution in [-0.2, 0) is 0 Å². The van der Waals surface area contributed by atoms with Crippen LogP contribution in [0.15, 0.2) is 5.38 Å². The third-order valence-electron chi connectivity index (χ3n) is 2.08. The van der Waals surface area contributed by atoms with Crippen molar-refractivity contribution in [3.63, 3.8) is 0 Å². The lowest BCUT2D eigenvalue weighted by molar-refractivity contribution is 0.654. The normalized spacial score (nSPS) is 10.9. The maximum absolute atomic E-state index is 5.52.